The van der Waals surface area contributed by atoms with Gasteiger partial charge in [-0.25, -0.2) is 0 Å². The lowest BCUT2D eigenvalue weighted by Crippen LogP contribution is -2.20. The van der Waals surface area contributed by atoms with Crippen LogP contribution in [0.4, 0.5) is 0 Å². The number of H-pyrrole nitrogens is 1. The minimum atomic E-state index is -0.296. The standard InChI is InChI=1S/C19H16N4OS/c1-2-11-5-7-12(8-6-11)15-13(10-20)18(21)24-19-16(15)17(22-23-19)14-4-3-9-25-14/h3-9,15H,2,21H2,1H3,(H,22,23)/t15-/m1/s1. The summed E-state index contributed by atoms with van der Waals surface area (Å²) in [5.41, 5.74) is 10.4. The van der Waals surface area contributed by atoms with Gasteiger partial charge in [-0.05, 0) is 29.0 Å². The number of benzene rings is 1. The second-order valence-electron chi connectivity index (χ2n) is 5.81. The minimum absolute atomic E-state index is 0.115. The first kappa shape index (κ1) is 15.5. The van der Waals surface area contributed by atoms with Crippen molar-refractivity contribution in [1.29, 1.82) is 5.26 Å². The van der Waals surface area contributed by atoms with Crippen LogP contribution in [0.5, 0.6) is 5.88 Å². The Labute approximate surface area is 149 Å². The predicted octanol–water partition coefficient (Wildman–Crippen LogP) is 3.92. The van der Waals surface area contributed by atoms with Crippen molar-refractivity contribution in [3.63, 3.8) is 0 Å². The number of hydrogen-bond donors (Lipinski definition) is 2. The van der Waals surface area contributed by atoms with Crippen LogP contribution in [-0.2, 0) is 6.42 Å². The van der Waals surface area contributed by atoms with Crippen molar-refractivity contribution < 1.29 is 4.74 Å². The monoisotopic (exact) mass is 348 g/mol. The molecule has 1 aliphatic heterocycles. The van der Waals surface area contributed by atoms with Crippen molar-refractivity contribution in [1.82, 2.24) is 10.2 Å². The number of nitriles is 1. The van der Waals surface area contributed by atoms with Gasteiger partial charge in [-0.15, -0.1) is 16.4 Å². The normalized spacial score (nSPS) is 16.2. The van der Waals surface area contributed by atoms with Gasteiger partial charge in [0.05, 0.1) is 22.1 Å². The predicted molar refractivity (Wildman–Crippen MR) is 97.0 cm³/mol. The van der Waals surface area contributed by atoms with Gasteiger partial charge in [0, 0.05) is 0 Å². The molecule has 124 valence electrons. The molecule has 0 saturated heterocycles. The SMILES string of the molecule is CCc1ccc([C@@H]2C(C#N)=C(N)Oc3n[nH]c(-c4cccs4)c32)cc1. The van der Waals surface area contributed by atoms with Gasteiger partial charge in [0.2, 0.25) is 11.8 Å². The van der Waals surface area contributed by atoms with Gasteiger partial charge in [-0.3, -0.25) is 5.10 Å². The van der Waals surface area contributed by atoms with E-state index in [4.69, 9.17) is 10.5 Å². The molecule has 0 bridgehead atoms. The minimum Gasteiger partial charge on any atom is -0.420 e. The Kier molecular flexibility index (Phi) is 3.79. The lowest BCUT2D eigenvalue weighted by molar-refractivity contribution is 0.379. The summed E-state index contributed by atoms with van der Waals surface area (Å²) >= 11 is 1.61. The Hall–Kier alpha value is -3.04. The van der Waals surface area contributed by atoms with E-state index in [1.54, 1.807) is 11.3 Å². The molecule has 25 heavy (non-hydrogen) atoms. The van der Waals surface area contributed by atoms with E-state index >= 15 is 0 Å². The number of nitrogens with one attached hydrogen (secondary N) is 1. The number of rotatable bonds is 3. The zero-order valence-electron chi connectivity index (χ0n) is 13.6. The number of hydrogen-bond acceptors (Lipinski definition) is 5. The number of nitrogens with two attached hydrogens (primary N) is 1. The van der Waals surface area contributed by atoms with Crippen LogP contribution < -0.4 is 10.5 Å². The molecule has 1 atom stereocenters. The summed E-state index contributed by atoms with van der Waals surface area (Å²) < 4.78 is 5.61. The van der Waals surface area contributed by atoms with Crippen molar-refractivity contribution in [2.75, 3.05) is 0 Å². The summed E-state index contributed by atoms with van der Waals surface area (Å²) in [7, 11) is 0. The Morgan fingerprint density at radius 1 is 1.32 bits per heavy atom. The molecule has 0 radical (unpaired) electrons. The fourth-order valence-corrected chi connectivity index (χ4v) is 3.87. The largest absolute Gasteiger partial charge is 0.420 e. The summed E-state index contributed by atoms with van der Waals surface area (Å²) in [6.07, 6.45) is 0.967. The number of thiophene rings is 1. The first-order valence-corrected chi connectivity index (χ1v) is 8.89. The zero-order chi connectivity index (χ0) is 17.4. The van der Waals surface area contributed by atoms with Crippen LogP contribution in [0.1, 0.15) is 29.5 Å². The zero-order valence-corrected chi connectivity index (χ0v) is 14.4. The van der Waals surface area contributed by atoms with E-state index in [9.17, 15) is 5.26 Å². The molecule has 0 aliphatic carbocycles. The van der Waals surface area contributed by atoms with E-state index < -0.39 is 0 Å². The average Bonchev–Trinajstić information content (AvgIpc) is 3.30. The smallest absolute Gasteiger partial charge is 0.244 e. The van der Waals surface area contributed by atoms with Gasteiger partial charge in [0.25, 0.3) is 0 Å². The molecule has 0 amide bonds. The van der Waals surface area contributed by atoms with Crippen LogP contribution in [0.2, 0.25) is 0 Å². The number of ether oxygens (including phenoxy) is 1. The van der Waals surface area contributed by atoms with Gasteiger partial charge in [-0.2, -0.15) is 5.26 Å². The van der Waals surface area contributed by atoms with Crippen LogP contribution in [0.15, 0.2) is 53.2 Å². The van der Waals surface area contributed by atoms with Crippen molar-refractivity contribution >= 4 is 11.3 Å². The van der Waals surface area contributed by atoms with Crippen molar-refractivity contribution in [3.05, 3.63) is 69.9 Å². The molecular formula is C19H16N4OS. The lowest BCUT2D eigenvalue weighted by atomic mass is 9.83. The number of aryl methyl sites for hydroxylation is 1. The number of aromatic amines is 1. The topological polar surface area (TPSA) is 87.7 Å². The molecule has 6 heteroatoms. The van der Waals surface area contributed by atoms with E-state index in [1.807, 2.05) is 17.5 Å². The van der Waals surface area contributed by atoms with Crippen LogP contribution in [0, 0.1) is 11.3 Å². The number of aromatic nitrogens is 2. The van der Waals surface area contributed by atoms with E-state index in [-0.39, 0.29) is 11.8 Å². The summed E-state index contributed by atoms with van der Waals surface area (Å²) in [5, 5.41) is 19.0. The molecule has 0 unspecified atom stereocenters. The molecule has 0 fully saturated rings. The second-order valence-corrected chi connectivity index (χ2v) is 6.76. The highest BCUT2D eigenvalue weighted by atomic mass is 32.1. The third kappa shape index (κ3) is 2.49. The van der Waals surface area contributed by atoms with Gasteiger partial charge in [0.1, 0.15) is 11.6 Å². The molecule has 3 aromatic rings. The molecule has 3 heterocycles. The van der Waals surface area contributed by atoms with Gasteiger partial charge < -0.3 is 10.5 Å². The van der Waals surface area contributed by atoms with Crippen molar-refractivity contribution in [2.24, 2.45) is 5.73 Å². The molecule has 5 nitrogen and oxygen atoms in total. The highest BCUT2D eigenvalue weighted by Crippen LogP contribution is 2.46. The lowest BCUT2D eigenvalue weighted by Gasteiger charge is -2.24. The fourth-order valence-electron chi connectivity index (χ4n) is 3.13. The molecule has 0 spiro atoms. The van der Waals surface area contributed by atoms with Gasteiger partial charge in [0.15, 0.2) is 0 Å². The summed E-state index contributed by atoms with van der Waals surface area (Å²) in [6.45, 7) is 2.12. The van der Waals surface area contributed by atoms with E-state index in [2.05, 4.69) is 47.5 Å². The molecule has 4 rings (SSSR count). The average molecular weight is 348 g/mol. The van der Waals surface area contributed by atoms with Crippen LogP contribution in [-0.4, -0.2) is 10.2 Å². The van der Waals surface area contributed by atoms with Crippen LogP contribution in [0.3, 0.4) is 0 Å². The number of allylic oxidation sites excluding steroid dienone is 1. The Bertz CT molecular complexity index is 978. The molecule has 3 N–H and O–H groups in total. The first-order valence-electron chi connectivity index (χ1n) is 8.01. The highest BCUT2D eigenvalue weighted by molar-refractivity contribution is 7.13. The number of nitrogens with zero attached hydrogens (tertiary/aromatic N) is 2. The Morgan fingerprint density at radius 3 is 2.76 bits per heavy atom. The highest BCUT2D eigenvalue weighted by Gasteiger charge is 2.35. The molecular weight excluding hydrogens is 332 g/mol. The quantitative estimate of drug-likeness (QED) is 0.751. The summed E-state index contributed by atoms with van der Waals surface area (Å²) in [6, 6.07) is 14.5. The molecule has 1 aromatic carbocycles. The maximum Gasteiger partial charge on any atom is 0.244 e. The maximum absolute atomic E-state index is 9.68. The molecule has 2 aromatic heterocycles. The molecule has 0 saturated carbocycles. The fraction of sp³-hybridized carbons (Fsp3) is 0.158. The summed E-state index contributed by atoms with van der Waals surface area (Å²) in [4.78, 5) is 1.05. The van der Waals surface area contributed by atoms with Gasteiger partial charge >= 0.3 is 0 Å². The summed E-state index contributed by atoms with van der Waals surface area (Å²) in [5.74, 6) is 0.253. The first-order chi connectivity index (χ1) is 12.2. The maximum atomic E-state index is 9.68. The van der Waals surface area contributed by atoms with E-state index in [1.165, 1.54) is 5.56 Å². The van der Waals surface area contributed by atoms with Crippen LogP contribution >= 0.6 is 11.3 Å². The number of fused-ring (bicyclic) bond motifs is 1. The third-order valence-electron chi connectivity index (χ3n) is 4.43. The molecule has 1 aliphatic rings. The van der Waals surface area contributed by atoms with E-state index in [0.29, 0.717) is 11.5 Å². The third-order valence-corrected chi connectivity index (χ3v) is 5.32. The Morgan fingerprint density at radius 2 is 2.12 bits per heavy atom. The van der Waals surface area contributed by atoms with Crippen molar-refractivity contribution in [3.8, 4) is 22.5 Å². The van der Waals surface area contributed by atoms with E-state index in [0.717, 1.165) is 28.1 Å². The van der Waals surface area contributed by atoms with Gasteiger partial charge in [-0.1, -0.05) is 37.3 Å². The Balaban J connectivity index is 1.92. The second kappa shape index (κ2) is 6.11. The van der Waals surface area contributed by atoms with Crippen molar-refractivity contribution in [2.45, 2.75) is 19.3 Å². The van der Waals surface area contributed by atoms with Crippen LogP contribution in [0.25, 0.3) is 10.6 Å².